The molecule has 0 aliphatic carbocycles. The van der Waals surface area contributed by atoms with Crippen LogP contribution in [0, 0.1) is 5.92 Å². The lowest BCUT2D eigenvalue weighted by Gasteiger charge is -2.20. The van der Waals surface area contributed by atoms with Gasteiger partial charge in [0.1, 0.15) is 6.04 Å². The number of benzene rings is 2. The predicted molar refractivity (Wildman–Crippen MR) is 131 cm³/mol. The third kappa shape index (κ3) is 5.31. The first-order chi connectivity index (χ1) is 15.2. The maximum Gasteiger partial charge on any atom is 0.262 e. The molecule has 1 heterocycles. The molecule has 0 aliphatic rings. The van der Waals surface area contributed by atoms with Gasteiger partial charge in [0.05, 0.1) is 16.3 Å². The quantitative estimate of drug-likeness (QED) is 0.355. The topological polar surface area (TPSA) is 75.5 Å². The van der Waals surface area contributed by atoms with Crippen molar-refractivity contribution < 1.29 is 9.59 Å². The van der Waals surface area contributed by atoms with Crippen LogP contribution in [0.1, 0.15) is 49.7 Å². The molecular formula is C24H26Cl2N4O2. The van der Waals surface area contributed by atoms with E-state index in [2.05, 4.69) is 40.3 Å². The van der Waals surface area contributed by atoms with Crippen LogP contribution in [0.4, 0.5) is 0 Å². The van der Waals surface area contributed by atoms with Crippen molar-refractivity contribution in [2.24, 2.45) is 11.0 Å². The number of hydrogen-bond donors (Lipinski definition) is 2. The Labute approximate surface area is 197 Å². The highest BCUT2D eigenvalue weighted by Gasteiger charge is 2.24. The Hall–Kier alpha value is -2.83. The van der Waals surface area contributed by atoms with Crippen molar-refractivity contribution in [3.8, 4) is 0 Å². The fourth-order valence-corrected chi connectivity index (χ4v) is 3.69. The summed E-state index contributed by atoms with van der Waals surface area (Å²) in [4.78, 5) is 25.3. The number of aromatic nitrogens is 1. The summed E-state index contributed by atoms with van der Waals surface area (Å²) in [6.45, 7) is 7.91. The average Bonchev–Trinajstić information content (AvgIpc) is 3.12. The van der Waals surface area contributed by atoms with E-state index in [0.29, 0.717) is 16.6 Å². The van der Waals surface area contributed by atoms with E-state index in [-0.39, 0.29) is 10.9 Å². The van der Waals surface area contributed by atoms with E-state index >= 15 is 0 Å². The lowest BCUT2D eigenvalue weighted by Crippen LogP contribution is -2.48. The fraction of sp³-hybridized carbons (Fsp3) is 0.292. The molecule has 8 heteroatoms. The SMILES string of the molecule is CC(C)C(NC(=O)c1ccc(Cl)c(Cl)c1)C(=O)N/N=C\c1cn(C(C)C)c2ccccc12. The Morgan fingerprint density at radius 1 is 1.03 bits per heavy atom. The van der Waals surface area contributed by atoms with Crippen LogP contribution >= 0.6 is 23.2 Å². The number of fused-ring (bicyclic) bond motifs is 1. The molecule has 1 aromatic heterocycles. The van der Waals surface area contributed by atoms with Gasteiger partial charge >= 0.3 is 0 Å². The summed E-state index contributed by atoms with van der Waals surface area (Å²) in [6, 6.07) is 12.1. The molecule has 2 aromatic carbocycles. The van der Waals surface area contributed by atoms with Crippen LogP contribution in [0.25, 0.3) is 10.9 Å². The summed E-state index contributed by atoms with van der Waals surface area (Å²) in [5.41, 5.74) is 4.87. The first-order valence-electron chi connectivity index (χ1n) is 10.4. The maximum atomic E-state index is 12.7. The van der Waals surface area contributed by atoms with Gasteiger partial charge in [0.2, 0.25) is 0 Å². The van der Waals surface area contributed by atoms with Gasteiger partial charge in [-0.3, -0.25) is 9.59 Å². The van der Waals surface area contributed by atoms with E-state index in [9.17, 15) is 9.59 Å². The zero-order valence-electron chi connectivity index (χ0n) is 18.4. The molecule has 6 nitrogen and oxygen atoms in total. The minimum atomic E-state index is -0.772. The molecular weight excluding hydrogens is 447 g/mol. The molecule has 0 bridgehead atoms. The van der Waals surface area contributed by atoms with E-state index in [1.54, 1.807) is 18.3 Å². The van der Waals surface area contributed by atoms with Gasteiger partial charge in [-0.1, -0.05) is 55.2 Å². The van der Waals surface area contributed by atoms with Crippen LogP contribution in [0.2, 0.25) is 10.0 Å². The van der Waals surface area contributed by atoms with Crippen LogP contribution in [-0.4, -0.2) is 28.6 Å². The van der Waals surface area contributed by atoms with Gasteiger partial charge in [-0.15, -0.1) is 0 Å². The molecule has 2 N–H and O–H groups in total. The molecule has 1 atom stereocenters. The van der Waals surface area contributed by atoms with Crippen molar-refractivity contribution in [2.75, 3.05) is 0 Å². The highest BCUT2D eigenvalue weighted by Crippen LogP contribution is 2.24. The van der Waals surface area contributed by atoms with Crippen molar-refractivity contribution >= 4 is 52.1 Å². The zero-order valence-corrected chi connectivity index (χ0v) is 19.9. The van der Waals surface area contributed by atoms with Crippen molar-refractivity contribution in [3.63, 3.8) is 0 Å². The summed E-state index contributed by atoms with van der Waals surface area (Å²) < 4.78 is 2.16. The summed E-state index contributed by atoms with van der Waals surface area (Å²) in [5.74, 6) is -0.974. The molecule has 2 amide bonds. The van der Waals surface area contributed by atoms with Gasteiger partial charge < -0.3 is 9.88 Å². The summed E-state index contributed by atoms with van der Waals surface area (Å²) in [6.07, 6.45) is 3.63. The first-order valence-corrected chi connectivity index (χ1v) is 11.1. The smallest absolute Gasteiger partial charge is 0.262 e. The van der Waals surface area contributed by atoms with Crippen molar-refractivity contribution in [1.82, 2.24) is 15.3 Å². The molecule has 32 heavy (non-hydrogen) atoms. The minimum Gasteiger partial charge on any atom is -0.344 e. The number of nitrogens with one attached hydrogen (secondary N) is 2. The Bertz CT molecular complexity index is 1170. The predicted octanol–water partition coefficient (Wildman–Crippen LogP) is 5.43. The number of para-hydroxylation sites is 1. The molecule has 168 valence electrons. The lowest BCUT2D eigenvalue weighted by molar-refractivity contribution is -0.123. The average molecular weight is 473 g/mol. The van der Waals surface area contributed by atoms with Crippen LogP contribution in [0.15, 0.2) is 53.8 Å². The monoisotopic (exact) mass is 472 g/mol. The van der Waals surface area contributed by atoms with E-state index in [1.807, 2.05) is 38.2 Å². The molecule has 1 unspecified atom stereocenters. The largest absolute Gasteiger partial charge is 0.344 e. The summed E-state index contributed by atoms with van der Waals surface area (Å²) >= 11 is 11.9. The second kappa shape index (κ2) is 10.2. The van der Waals surface area contributed by atoms with Crippen LogP contribution in [0.3, 0.4) is 0 Å². The highest BCUT2D eigenvalue weighted by molar-refractivity contribution is 6.42. The van der Waals surface area contributed by atoms with Gasteiger partial charge in [0, 0.05) is 34.3 Å². The summed E-state index contributed by atoms with van der Waals surface area (Å²) in [5, 5.41) is 8.57. The normalized spacial score (nSPS) is 12.6. The van der Waals surface area contributed by atoms with Crippen LogP contribution < -0.4 is 10.7 Å². The van der Waals surface area contributed by atoms with Gasteiger partial charge in [-0.25, -0.2) is 5.43 Å². The number of halogens is 2. The molecule has 0 fully saturated rings. The second-order valence-electron chi connectivity index (χ2n) is 8.16. The maximum absolute atomic E-state index is 12.7. The van der Waals surface area contributed by atoms with Gasteiger partial charge in [0.25, 0.3) is 11.8 Å². The van der Waals surface area contributed by atoms with E-state index in [4.69, 9.17) is 23.2 Å². The minimum absolute atomic E-state index is 0.153. The zero-order chi connectivity index (χ0) is 23.4. The standard InChI is InChI=1S/C24H26Cl2N4O2/c1-14(2)22(28-23(31)16-9-10-19(25)20(26)11-16)24(32)29-27-12-17-13-30(15(3)4)21-8-6-5-7-18(17)21/h5-15,22H,1-4H3,(H,28,31)(H,29,32)/b27-12-. The van der Waals surface area contributed by atoms with Crippen LogP contribution in [0.5, 0.6) is 0 Å². The first kappa shape index (κ1) is 23.8. The van der Waals surface area contributed by atoms with Crippen molar-refractivity contribution in [1.29, 1.82) is 0 Å². The third-order valence-corrected chi connectivity index (χ3v) is 5.86. The molecule has 3 aromatic rings. The van der Waals surface area contributed by atoms with Gasteiger partial charge in [0.15, 0.2) is 0 Å². The highest BCUT2D eigenvalue weighted by atomic mass is 35.5. The molecule has 3 rings (SSSR count). The Morgan fingerprint density at radius 3 is 2.41 bits per heavy atom. The second-order valence-corrected chi connectivity index (χ2v) is 8.98. The number of hydrogen-bond acceptors (Lipinski definition) is 3. The molecule has 0 saturated heterocycles. The summed E-state index contributed by atoms with van der Waals surface area (Å²) in [7, 11) is 0. The number of nitrogens with zero attached hydrogens (tertiary/aromatic N) is 2. The van der Waals surface area contributed by atoms with Crippen LogP contribution in [-0.2, 0) is 4.79 Å². The number of carbonyl (C=O) groups excluding carboxylic acids is 2. The fourth-order valence-electron chi connectivity index (χ4n) is 3.39. The molecule has 0 aliphatic heterocycles. The lowest BCUT2D eigenvalue weighted by atomic mass is 10.0. The number of rotatable bonds is 7. The third-order valence-electron chi connectivity index (χ3n) is 5.12. The van der Waals surface area contributed by atoms with Crippen molar-refractivity contribution in [2.45, 2.75) is 39.8 Å². The number of carbonyl (C=O) groups is 2. The molecule has 0 saturated carbocycles. The van der Waals surface area contributed by atoms with Gasteiger partial charge in [-0.2, -0.15) is 5.10 Å². The van der Waals surface area contributed by atoms with Gasteiger partial charge in [-0.05, 0) is 44.0 Å². The van der Waals surface area contributed by atoms with E-state index in [0.717, 1.165) is 16.5 Å². The van der Waals surface area contributed by atoms with E-state index in [1.165, 1.54) is 6.07 Å². The number of hydrazone groups is 1. The Morgan fingerprint density at radius 2 is 1.75 bits per heavy atom. The Kier molecular flexibility index (Phi) is 7.59. The molecule has 0 spiro atoms. The van der Waals surface area contributed by atoms with E-state index < -0.39 is 17.9 Å². The van der Waals surface area contributed by atoms with Crippen molar-refractivity contribution in [3.05, 3.63) is 69.8 Å². The Balaban J connectivity index is 1.73. The number of amides is 2. The molecule has 0 radical (unpaired) electrons.